The van der Waals surface area contributed by atoms with Crippen LogP contribution in [0.2, 0.25) is 10.0 Å². The van der Waals surface area contributed by atoms with E-state index in [1.165, 1.54) is 12.8 Å². The molecular weight excluding hydrogens is 357 g/mol. The molecular formula is C19H19Cl2N3O. The van der Waals surface area contributed by atoms with Crippen LogP contribution in [0.15, 0.2) is 36.7 Å². The number of imidazole rings is 1. The largest absolute Gasteiger partial charge is 0.485 e. The van der Waals surface area contributed by atoms with Crippen LogP contribution in [0.25, 0.3) is 5.65 Å². The van der Waals surface area contributed by atoms with Crippen LogP contribution in [0, 0.1) is 6.92 Å². The van der Waals surface area contributed by atoms with Crippen molar-refractivity contribution in [2.45, 2.75) is 26.4 Å². The second-order valence-corrected chi connectivity index (χ2v) is 7.11. The summed E-state index contributed by atoms with van der Waals surface area (Å²) in [6.07, 6.45) is 6.32. The van der Waals surface area contributed by atoms with E-state index < -0.39 is 0 Å². The van der Waals surface area contributed by atoms with Crippen LogP contribution < -0.4 is 9.64 Å². The van der Waals surface area contributed by atoms with Gasteiger partial charge in [-0.2, -0.15) is 0 Å². The Kier molecular flexibility index (Phi) is 4.48. The van der Waals surface area contributed by atoms with Crippen molar-refractivity contribution in [1.29, 1.82) is 0 Å². The monoisotopic (exact) mass is 375 g/mol. The first-order valence-electron chi connectivity index (χ1n) is 8.42. The SMILES string of the molecule is Cc1cn2cccc(OCc3c(Cl)ccc(N4CCCC4)c3Cl)c2n1. The summed E-state index contributed by atoms with van der Waals surface area (Å²) in [7, 11) is 0. The Balaban J connectivity index is 1.62. The van der Waals surface area contributed by atoms with E-state index in [-0.39, 0.29) is 0 Å². The van der Waals surface area contributed by atoms with Gasteiger partial charge in [-0.25, -0.2) is 4.98 Å². The lowest BCUT2D eigenvalue weighted by molar-refractivity contribution is 0.308. The molecule has 0 amide bonds. The molecule has 4 rings (SSSR count). The molecule has 0 atom stereocenters. The average molecular weight is 376 g/mol. The van der Waals surface area contributed by atoms with Crippen LogP contribution in [0.3, 0.4) is 0 Å². The Morgan fingerprint density at radius 2 is 1.96 bits per heavy atom. The lowest BCUT2D eigenvalue weighted by Gasteiger charge is -2.21. The molecule has 0 aliphatic carbocycles. The number of halogens is 2. The second-order valence-electron chi connectivity index (χ2n) is 6.33. The number of hydrogen-bond acceptors (Lipinski definition) is 3. The quantitative estimate of drug-likeness (QED) is 0.632. The van der Waals surface area contributed by atoms with Crippen LogP contribution in [-0.2, 0) is 6.61 Å². The van der Waals surface area contributed by atoms with Crippen molar-refractivity contribution in [3.05, 3.63) is 58.0 Å². The van der Waals surface area contributed by atoms with Gasteiger partial charge in [0.15, 0.2) is 11.4 Å². The van der Waals surface area contributed by atoms with Crippen LogP contribution >= 0.6 is 23.2 Å². The van der Waals surface area contributed by atoms with Gasteiger partial charge in [0.25, 0.3) is 0 Å². The third kappa shape index (κ3) is 3.16. The maximum Gasteiger partial charge on any atom is 0.179 e. The Morgan fingerprint density at radius 1 is 1.16 bits per heavy atom. The summed E-state index contributed by atoms with van der Waals surface area (Å²) in [5, 5.41) is 1.31. The number of hydrogen-bond donors (Lipinski definition) is 0. The highest BCUT2D eigenvalue weighted by molar-refractivity contribution is 6.37. The average Bonchev–Trinajstić information content (AvgIpc) is 3.23. The minimum absolute atomic E-state index is 0.310. The summed E-state index contributed by atoms with van der Waals surface area (Å²) in [5.41, 5.74) is 3.60. The molecule has 0 unspecified atom stereocenters. The van der Waals surface area contributed by atoms with Gasteiger partial charge in [0.2, 0.25) is 0 Å². The van der Waals surface area contributed by atoms with E-state index in [2.05, 4.69) is 9.88 Å². The summed E-state index contributed by atoms with van der Waals surface area (Å²) >= 11 is 13.0. The van der Waals surface area contributed by atoms with Gasteiger partial charge in [-0.3, -0.25) is 0 Å². The van der Waals surface area contributed by atoms with E-state index in [1.54, 1.807) is 0 Å². The molecule has 1 aliphatic heterocycles. The molecule has 6 heteroatoms. The molecule has 0 radical (unpaired) electrons. The van der Waals surface area contributed by atoms with E-state index in [9.17, 15) is 0 Å². The van der Waals surface area contributed by atoms with Crippen LogP contribution in [-0.4, -0.2) is 22.5 Å². The molecule has 0 bridgehead atoms. The smallest absolute Gasteiger partial charge is 0.179 e. The fourth-order valence-electron chi connectivity index (χ4n) is 3.29. The highest BCUT2D eigenvalue weighted by Gasteiger charge is 2.19. The third-order valence-corrected chi connectivity index (χ3v) is 5.33. The van der Waals surface area contributed by atoms with Gasteiger partial charge >= 0.3 is 0 Å². The predicted octanol–water partition coefficient (Wildman–Crippen LogP) is 5.13. The molecule has 1 aliphatic rings. The zero-order chi connectivity index (χ0) is 17.4. The summed E-state index contributed by atoms with van der Waals surface area (Å²) in [5.74, 6) is 0.717. The second kappa shape index (κ2) is 6.77. The number of rotatable bonds is 4. The van der Waals surface area contributed by atoms with Crippen molar-refractivity contribution in [3.8, 4) is 5.75 Å². The predicted molar refractivity (Wildman–Crippen MR) is 102 cm³/mol. The number of benzene rings is 1. The van der Waals surface area contributed by atoms with Crippen molar-refractivity contribution in [3.63, 3.8) is 0 Å². The van der Waals surface area contributed by atoms with Gasteiger partial charge in [0.05, 0.1) is 16.4 Å². The Bertz CT molecular complexity index is 916. The molecule has 25 heavy (non-hydrogen) atoms. The molecule has 130 valence electrons. The van der Waals surface area contributed by atoms with Gasteiger partial charge in [-0.15, -0.1) is 0 Å². The Hall–Kier alpha value is -1.91. The van der Waals surface area contributed by atoms with Gasteiger partial charge in [0.1, 0.15) is 6.61 Å². The first kappa shape index (κ1) is 16.6. The number of fused-ring (bicyclic) bond motifs is 1. The lowest BCUT2D eigenvalue weighted by atomic mass is 10.2. The highest BCUT2D eigenvalue weighted by atomic mass is 35.5. The van der Waals surface area contributed by atoms with Crippen LogP contribution in [0.5, 0.6) is 5.75 Å². The summed E-state index contributed by atoms with van der Waals surface area (Å²) in [6, 6.07) is 7.75. The first-order valence-corrected chi connectivity index (χ1v) is 9.18. The van der Waals surface area contributed by atoms with E-state index >= 15 is 0 Å². The van der Waals surface area contributed by atoms with Gasteiger partial charge in [-0.05, 0) is 44.0 Å². The van der Waals surface area contributed by atoms with Gasteiger partial charge < -0.3 is 14.0 Å². The van der Waals surface area contributed by atoms with Gasteiger partial charge in [0, 0.05) is 36.1 Å². The van der Waals surface area contributed by atoms with Crippen molar-refractivity contribution < 1.29 is 4.74 Å². The van der Waals surface area contributed by atoms with E-state index in [4.69, 9.17) is 27.9 Å². The maximum atomic E-state index is 6.66. The topological polar surface area (TPSA) is 29.8 Å². The van der Waals surface area contributed by atoms with Crippen molar-refractivity contribution in [2.24, 2.45) is 0 Å². The maximum absolute atomic E-state index is 6.66. The van der Waals surface area contributed by atoms with E-state index in [1.807, 2.05) is 48.0 Å². The molecule has 1 aromatic carbocycles. The van der Waals surface area contributed by atoms with Crippen molar-refractivity contribution in [2.75, 3.05) is 18.0 Å². The summed E-state index contributed by atoms with van der Waals surface area (Å²) in [6.45, 7) is 4.34. The number of ether oxygens (including phenoxy) is 1. The molecule has 0 N–H and O–H groups in total. The van der Waals surface area contributed by atoms with Crippen molar-refractivity contribution in [1.82, 2.24) is 9.38 Å². The van der Waals surface area contributed by atoms with E-state index in [0.29, 0.717) is 22.4 Å². The standard InChI is InChI=1S/C19H19Cl2N3O/c1-13-11-24-10-4-5-17(19(24)22-13)25-12-14-15(20)6-7-16(18(14)21)23-8-2-3-9-23/h4-7,10-11H,2-3,8-9,12H2,1H3. The minimum atomic E-state index is 0.310. The number of anilines is 1. The van der Waals surface area contributed by atoms with E-state index in [0.717, 1.165) is 35.7 Å². The normalized spacial score (nSPS) is 14.4. The Labute approximate surface area is 156 Å². The summed E-state index contributed by atoms with van der Waals surface area (Å²) < 4.78 is 7.98. The number of aryl methyl sites for hydroxylation is 1. The number of pyridine rings is 1. The number of aromatic nitrogens is 2. The highest BCUT2D eigenvalue weighted by Crippen LogP contribution is 2.36. The minimum Gasteiger partial charge on any atom is -0.485 e. The first-order chi connectivity index (χ1) is 12.1. The molecule has 4 nitrogen and oxygen atoms in total. The number of nitrogens with zero attached hydrogens (tertiary/aromatic N) is 3. The Morgan fingerprint density at radius 3 is 2.76 bits per heavy atom. The van der Waals surface area contributed by atoms with Crippen molar-refractivity contribution >= 4 is 34.5 Å². The third-order valence-electron chi connectivity index (χ3n) is 4.55. The molecule has 0 spiro atoms. The van der Waals surface area contributed by atoms with Gasteiger partial charge in [-0.1, -0.05) is 23.2 Å². The fourth-order valence-corrected chi connectivity index (χ4v) is 3.89. The molecule has 3 heterocycles. The fraction of sp³-hybridized carbons (Fsp3) is 0.316. The molecule has 0 saturated carbocycles. The van der Waals surface area contributed by atoms with Crippen LogP contribution in [0.1, 0.15) is 24.1 Å². The molecule has 1 fully saturated rings. The zero-order valence-electron chi connectivity index (χ0n) is 14.0. The summed E-state index contributed by atoms with van der Waals surface area (Å²) in [4.78, 5) is 6.82. The molecule has 3 aromatic rings. The molecule has 1 saturated heterocycles. The van der Waals surface area contributed by atoms with Crippen LogP contribution in [0.4, 0.5) is 5.69 Å². The molecule has 2 aromatic heterocycles. The zero-order valence-corrected chi connectivity index (χ0v) is 15.5. The lowest BCUT2D eigenvalue weighted by Crippen LogP contribution is -2.18.